The molecule has 0 aliphatic heterocycles. The van der Waals surface area contributed by atoms with Gasteiger partial charge in [0, 0.05) is 16.8 Å². The van der Waals surface area contributed by atoms with Crippen LogP contribution in [0.4, 0.5) is 0 Å². The number of rotatable bonds is 3. The molecule has 0 saturated heterocycles. The van der Waals surface area contributed by atoms with Gasteiger partial charge in [-0.15, -0.1) is 0 Å². The normalized spacial score (nSPS) is 11.6. The van der Waals surface area contributed by atoms with Crippen LogP contribution in [0.2, 0.25) is 0 Å². The minimum Gasteiger partial charge on any atom is -0.327 e. The molecule has 0 N–H and O–H groups in total. The Labute approximate surface area is 110 Å². The largest absolute Gasteiger partial charge is 0.327 e. The van der Waals surface area contributed by atoms with Gasteiger partial charge in [0.05, 0.1) is 11.0 Å². The topological polar surface area (TPSA) is 17.8 Å². The Kier molecular flexibility index (Phi) is 3.60. The second-order valence-corrected chi connectivity index (χ2v) is 5.56. The Hall–Kier alpha value is -0.480. The molecule has 2 aromatic rings. The average molecular weight is 299 g/mol. The molecule has 0 unspecified atom stereocenters. The third kappa shape index (κ3) is 2.28. The van der Waals surface area contributed by atoms with Gasteiger partial charge in [-0.2, -0.15) is 12.6 Å². The fourth-order valence-corrected chi connectivity index (χ4v) is 2.43. The molecule has 0 bridgehead atoms. The Balaban J connectivity index is 2.59. The molecule has 0 aliphatic carbocycles. The first-order chi connectivity index (χ1) is 7.61. The number of hydrogen-bond acceptors (Lipinski definition) is 2. The fraction of sp³-hybridized carbons (Fsp3) is 0.417. The summed E-state index contributed by atoms with van der Waals surface area (Å²) in [6.07, 6.45) is 0. The van der Waals surface area contributed by atoms with Crippen LogP contribution in [0.15, 0.2) is 22.7 Å². The zero-order valence-corrected chi connectivity index (χ0v) is 11.9. The van der Waals surface area contributed by atoms with Crippen molar-refractivity contribution >= 4 is 39.6 Å². The summed E-state index contributed by atoms with van der Waals surface area (Å²) in [5, 5.41) is 0. The molecule has 16 heavy (non-hydrogen) atoms. The van der Waals surface area contributed by atoms with E-state index in [2.05, 4.69) is 70.2 Å². The summed E-state index contributed by atoms with van der Waals surface area (Å²) in [5.74, 6) is 2.34. The summed E-state index contributed by atoms with van der Waals surface area (Å²) in [5.41, 5.74) is 2.24. The zero-order chi connectivity index (χ0) is 11.7. The van der Waals surface area contributed by atoms with E-state index < -0.39 is 0 Å². The van der Waals surface area contributed by atoms with Crippen LogP contribution in [0.5, 0.6) is 0 Å². The first kappa shape index (κ1) is 12.0. The number of nitrogens with zero attached hydrogens (tertiary/aromatic N) is 2. The molecule has 2 rings (SSSR count). The van der Waals surface area contributed by atoms with Gasteiger partial charge >= 0.3 is 0 Å². The van der Waals surface area contributed by atoms with Crippen molar-refractivity contribution in [2.75, 3.05) is 0 Å². The Morgan fingerprint density at radius 3 is 2.81 bits per heavy atom. The maximum Gasteiger partial charge on any atom is 0.119 e. The molecule has 0 saturated carbocycles. The minimum atomic E-state index is 0.611. The molecule has 0 fully saturated rings. The highest BCUT2D eigenvalue weighted by Gasteiger charge is 2.10. The Bertz CT molecular complexity index is 505. The molecular formula is C12H15BrN2S. The molecule has 0 spiro atoms. The van der Waals surface area contributed by atoms with Crippen LogP contribution in [-0.4, -0.2) is 9.55 Å². The quantitative estimate of drug-likeness (QED) is 0.851. The predicted octanol–water partition coefficient (Wildman–Crippen LogP) is 3.88. The SMILES string of the molecule is CC(C)Cn1c(CS)nc2cc(Br)ccc21. The second-order valence-electron chi connectivity index (χ2n) is 4.32. The second kappa shape index (κ2) is 4.80. The third-order valence-electron chi connectivity index (χ3n) is 2.48. The molecule has 0 aliphatic rings. The minimum absolute atomic E-state index is 0.611. The number of hydrogen-bond donors (Lipinski definition) is 1. The number of aromatic nitrogens is 2. The molecule has 1 aromatic heterocycles. The maximum absolute atomic E-state index is 4.60. The van der Waals surface area contributed by atoms with Gasteiger partial charge in [0.1, 0.15) is 5.82 Å². The number of benzene rings is 1. The fourth-order valence-electron chi connectivity index (χ4n) is 1.84. The highest BCUT2D eigenvalue weighted by Crippen LogP contribution is 2.22. The van der Waals surface area contributed by atoms with Gasteiger partial charge in [-0.25, -0.2) is 4.98 Å². The van der Waals surface area contributed by atoms with Crippen LogP contribution < -0.4 is 0 Å². The van der Waals surface area contributed by atoms with E-state index in [1.54, 1.807) is 0 Å². The lowest BCUT2D eigenvalue weighted by molar-refractivity contribution is 0.523. The van der Waals surface area contributed by atoms with Gasteiger partial charge in [0.25, 0.3) is 0 Å². The van der Waals surface area contributed by atoms with E-state index >= 15 is 0 Å². The van der Waals surface area contributed by atoms with E-state index in [4.69, 9.17) is 0 Å². The molecule has 86 valence electrons. The van der Waals surface area contributed by atoms with Crippen molar-refractivity contribution in [2.45, 2.75) is 26.1 Å². The van der Waals surface area contributed by atoms with Crippen molar-refractivity contribution < 1.29 is 0 Å². The van der Waals surface area contributed by atoms with E-state index in [1.165, 1.54) is 5.52 Å². The molecule has 0 atom stereocenters. The summed E-state index contributed by atoms with van der Waals surface area (Å²) >= 11 is 7.81. The van der Waals surface area contributed by atoms with E-state index in [0.717, 1.165) is 22.4 Å². The molecular weight excluding hydrogens is 284 g/mol. The summed E-state index contributed by atoms with van der Waals surface area (Å²) < 4.78 is 3.33. The average Bonchev–Trinajstić information content (AvgIpc) is 2.55. The van der Waals surface area contributed by atoms with Crippen LogP contribution in [0.3, 0.4) is 0 Å². The van der Waals surface area contributed by atoms with E-state index in [1.807, 2.05) is 0 Å². The molecule has 2 nitrogen and oxygen atoms in total. The van der Waals surface area contributed by atoms with Gasteiger partial charge in [0.2, 0.25) is 0 Å². The molecule has 1 heterocycles. The number of thiol groups is 1. The van der Waals surface area contributed by atoms with Gasteiger partial charge in [-0.05, 0) is 24.1 Å². The Morgan fingerprint density at radius 2 is 2.19 bits per heavy atom. The van der Waals surface area contributed by atoms with Crippen LogP contribution in [0.25, 0.3) is 11.0 Å². The van der Waals surface area contributed by atoms with Crippen LogP contribution in [0.1, 0.15) is 19.7 Å². The monoisotopic (exact) mass is 298 g/mol. The Morgan fingerprint density at radius 1 is 1.44 bits per heavy atom. The van der Waals surface area contributed by atoms with Crippen molar-refractivity contribution in [3.8, 4) is 0 Å². The number of fused-ring (bicyclic) bond motifs is 1. The highest BCUT2D eigenvalue weighted by atomic mass is 79.9. The van der Waals surface area contributed by atoms with Crippen LogP contribution in [0, 0.1) is 5.92 Å². The van der Waals surface area contributed by atoms with E-state index in [0.29, 0.717) is 11.7 Å². The molecule has 0 amide bonds. The van der Waals surface area contributed by atoms with Crippen molar-refractivity contribution in [1.82, 2.24) is 9.55 Å². The van der Waals surface area contributed by atoms with Gasteiger partial charge in [0.15, 0.2) is 0 Å². The molecule has 4 heteroatoms. The van der Waals surface area contributed by atoms with Crippen LogP contribution in [-0.2, 0) is 12.3 Å². The summed E-state index contributed by atoms with van der Waals surface area (Å²) in [6, 6.07) is 6.23. The lowest BCUT2D eigenvalue weighted by atomic mass is 10.2. The summed E-state index contributed by atoms with van der Waals surface area (Å²) in [6.45, 7) is 5.42. The summed E-state index contributed by atoms with van der Waals surface area (Å²) in [7, 11) is 0. The van der Waals surface area contributed by atoms with Crippen molar-refractivity contribution in [1.29, 1.82) is 0 Å². The van der Waals surface area contributed by atoms with Gasteiger partial charge in [-0.3, -0.25) is 0 Å². The lowest BCUT2D eigenvalue weighted by Gasteiger charge is -2.10. The smallest absolute Gasteiger partial charge is 0.119 e. The standard InChI is InChI=1S/C12H15BrN2S/c1-8(2)6-15-11-4-3-9(13)5-10(11)14-12(15)7-16/h3-5,8,16H,6-7H2,1-2H3. The summed E-state index contributed by atoms with van der Waals surface area (Å²) in [4.78, 5) is 4.60. The lowest BCUT2D eigenvalue weighted by Crippen LogP contribution is -2.07. The van der Waals surface area contributed by atoms with Gasteiger partial charge < -0.3 is 4.57 Å². The first-order valence-electron chi connectivity index (χ1n) is 5.37. The first-order valence-corrected chi connectivity index (χ1v) is 6.80. The molecule has 0 radical (unpaired) electrons. The third-order valence-corrected chi connectivity index (χ3v) is 3.25. The predicted molar refractivity (Wildman–Crippen MR) is 75.0 cm³/mol. The van der Waals surface area contributed by atoms with Crippen molar-refractivity contribution in [2.24, 2.45) is 5.92 Å². The highest BCUT2D eigenvalue weighted by molar-refractivity contribution is 9.10. The zero-order valence-electron chi connectivity index (χ0n) is 9.44. The van der Waals surface area contributed by atoms with Crippen LogP contribution >= 0.6 is 28.6 Å². The number of imidazole rings is 1. The van der Waals surface area contributed by atoms with Crippen molar-refractivity contribution in [3.63, 3.8) is 0 Å². The van der Waals surface area contributed by atoms with Gasteiger partial charge in [-0.1, -0.05) is 29.8 Å². The molecule has 1 aromatic carbocycles. The van der Waals surface area contributed by atoms with E-state index in [9.17, 15) is 0 Å². The van der Waals surface area contributed by atoms with E-state index in [-0.39, 0.29) is 0 Å². The van der Waals surface area contributed by atoms with Crippen molar-refractivity contribution in [3.05, 3.63) is 28.5 Å². The number of halogens is 1. The maximum atomic E-state index is 4.60.